The number of amides is 2. The van der Waals surface area contributed by atoms with E-state index < -0.39 is 42.6 Å². The van der Waals surface area contributed by atoms with Crippen molar-refractivity contribution in [2.75, 3.05) is 34.6 Å². The Bertz CT molecular complexity index is 2300. The summed E-state index contributed by atoms with van der Waals surface area (Å²) in [5, 5.41) is 54.4. The number of nitrogens with zero attached hydrogens (tertiary/aromatic N) is 2. The summed E-state index contributed by atoms with van der Waals surface area (Å²) in [7, 11) is 0. The zero-order valence-corrected chi connectivity index (χ0v) is 30.0. The number of fused-ring (bicyclic) bond motifs is 6. The second-order valence-electron chi connectivity index (χ2n) is 13.3. The lowest BCUT2D eigenvalue weighted by molar-refractivity contribution is -0.270. The van der Waals surface area contributed by atoms with Crippen LogP contribution in [0.1, 0.15) is 42.3 Å². The molecule has 1 aromatic heterocycles. The summed E-state index contributed by atoms with van der Waals surface area (Å²) < 4.78 is 11.4. The fourth-order valence-corrected chi connectivity index (χ4v) is 9.09. The van der Waals surface area contributed by atoms with E-state index in [4.69, 9.17) is 32.7 Å². The molecule has 3 aliphatic rings. The van der Waals surface area contributed by atoms with Gasteiger partial charge in [-0.05, 0) is 34.0 Å². The van der Waals surface area contributed by atoms with Crippen molar-refractivity contribution in [3.05, 3.63) is 93.7 Å². The number of rotatable bonds is 7. The van der Waals surface area contributed by atoms with Crippen LogP contribution in [0.4, 0.5) is 11.4 Å². The summed E-state index contributed by atoms with van der Waals surface area (Å²) >= 11 is 13.9. The highest BCUT2D eigenvalue weighted by Crippen LogP contribution is 2.48. The maximum absolute atomic E-state index is 14.3. The maximum atomic E-state index is 14.3. The van der Waals surface area contributed by atoms with E-state index in [2.05, 4.69) is 0 Å². The number of anilines is 2. The van der Waals surface area contributed by atoms with Crippen LogP contribution in [0.25, 0.3) is 21.5 Å². The number of thiophene rings is 1. The number of aromatic hydroxyl groups is 1. The van der Waals surface area contributed by atoms with Gasteiger partial charge in [-0.3, -0.25) is 9.59 Å². The van der Waals surface area contributed by atoms with Gasteiger partial charge in [0.25, 0.3) is 11.8 Å². The molecule has 12 nitrogen and oxygen atoms in total. The molecular formula is C38H32Cl2N2O10S. The van der Waals surface area contributed by atoms with Gasteiger partial charge in [-0.2, -0.15) is 0 Å². The van der Waals surface area contributed by atoms with Crippen molar-refractivity contribution in [3.8, 4) is 11.5 Å². The van der Waals surface area contributed by atoms with Crippen LogP contribution in [-0.2, 0) is 9.53 Å². The molecule has 0 unspecified atom stereocenters. The van der Waals surface area contributed by atoms with E-state index in [0.29, 0.717) is 39.0 Å². The largest absolute Gasteiger partial charge is 0.507 e. The van der Waals surface area contributed by atoms with E-state index in [-0.39, 0.29) is 52.4 Å². The van der Waals surface area contributed by atoms with Gasteiger partial charge in [-0.25, -0.2) is 4.79 Å². The van der Waals surface area contributed by atoms with Crippen molar-refractivity contribution >= 4 is 85.2 Å². The maximum Gasteiger partial charge on any atom is 0.335 e. The number of aliphatic hydroxyl groups is 3. The predicted molar refractivity (Wildman–Crippen MR) is 199 cm³/mol. The van der Waals surface area contributed by atoms with Crippen LogP contribution in [0, 0.1) is 0 Å². The van der Waals surface area contributed by atoms with E-state index in [1.54, 1.807) is 47.4 Å². The van der Waals surface area contributed by atoms with Gasteiger partial charge in [0, 0.05) is 59.6 Å². The van der Waals surface area contributed by atoms with Gasteiger partial charge in [0.1, 0.15) is 29.8 Å². The molecule has 15 heteroatoms. The van der Waals surface area contributed by atoms with Gasteiger partial charge in [-0.15, -0.1) is 34.5 Å². The monoisotopic (exact) mass is 778 g/mol. The Hall–Kier alpha value is -4.47. The summed E-state index contributed by atoms with van der Waals surface area (Å²) in [6.07, 6.45) is -9.11. The topological polar surface area (TPSA) is 177 Å². The van der Waals surface area contributed by atoms with E-state index in [0.717, 1.165) is 27.8 Å². The van der Waals surface area contributed by atoms with Gasteiger partial charge < -0.3 is 44.8 Å². The minimum absolute atomic E-state index is 0.0480. The third-order valence-electron chi connectivity index (χ3n) is 10.2. The van der Waals surface area contributed by atoms with Gasteiger partial charge in [0.05, 0.1) is 21.1 Å². The predicted octanol–water partition coefficient (Wildman–Crippen LogP) is 5.00. The molecular weight excluding hydrogens is 747 g/mol. The zero-order valence-electron chi connectivity index (χ0n) is 27.6. The highest BCUT2D eigenvalue weighted by molar-refractivity contribution is 7.16. The number of phenolic OH excluding ortho intramolecular Hbond substituents is 1. The number of phenols is 1. The van der Waals surface area contributed by atoms with Crippen LogP contribution in [-0.4, -0.2) is 98.9 Å². The quantitative estimate of drug-likeness (QED) is 0.141. The minimum Gasteiger partial charge on any atom is -0.507 e. The lowest BCUT2D eigenvalue weighted by atomic mass is 9.95. The number of aliphatic hydroxyl groups excluding tert-OH is 3. The molecule has 8 rings (SSSR count). The van der Waals surface area contributed by atoms with Gasteiger partial charge in [-0.1, -0.05) is 48.5 Å². The summed E-state index contributed by atoms with van der Waals surface area (Å²) in [4.78, 5) is 43.8. The van der Waals surface area contributed by atoms with Crippen molar-refractivity contribution in [1.29, 1.82) is 0 Å². The highest BCUT2D eigenvalue weighted by atomic mass is 35.5. The van der Waals surface area contributed by atoms with E-state index in [1.165, 1.54) is 4.90 Å². The first kappa shape index (κ1) is 35.6. The molecule has 4 aromatic carbocycles. The molecule has 53 heavy (non-hydrogen) atoms. The second kappa shape index (κ2) is 13.7. The van der Waals surface area contributed by atoms with E-state index in [1.807, 2.05) is 30.3 Å². The third kappa shape index (κ3) is 5.78. The van der Waals surface area contributed by atoms with Crippen LogP contribution < -0.4 is 14.5 Å². The molecule has 274 valence electrons. The molecule has 3 aliphatic heterocycles. The number of hydrogen-bond donors (Lipinski definition) is 5. The van der Waals surface area contributed by atoms with Gasteiger partial charge >= 0.3 is 5.97 Å². The van der Waals surface area contributed by atoms with Crippen molar-refractivity contribution in [3.63, 3.8) is 0 Å². The Morgan fingerprint density at radius 3 is 1.79 bits per heavy atom. The molecule has 4 heterocycles. The summed E-state index contributed by atoms with van der Waals surface area (Å²) in [6.45, 7) is 0.520. The Morgan fingerprint density at radius 2 is 1.25 bits per heavy atom. The van der Waals surface area contributed by atoms with E-state index >= 15 is 0 Å². The van der Waals surface area contributed by atoms with Gasteiger partial charge in [0.2, 0.25) is 6.29 Å². The Kier molecular flexibility index (Phi) is 9.22. The average molecular weight is 780 g/mol. The number of carbonyl (C=O) groups excluding carboxylic acids is 2. The third-order valence-corrected chi connectivity index (χ3v) is 12.0. The first-order chi connectivity index (χ1) is 25.5. The minimum atomic E-state index is -1.90. The molecule has 0 aliphatic carbocycles. The van der Waals surface area contributed by atoms with Crippen LogP contribution in [0.3, 0.4) is 0 Å². The van der Waals surface area contributed by atoms with Crippen LogP contribution in [0.5, 0.6) is 11.5 Å². The molecule has 0 bridgehead atoms. The van der Waals surface area contributed by atoms with Gasteiger partial charge in [0.15, 0.2) is 6.10 Å². The molecule has 2 amide bonds. The Balaban J connectivity index is 1.12. The Morgan fingerprint density at radius 1 is 0.736 bits per heavy atom. The molecule has 0 spiro atoms. The number of carboxylic acid groups (broad SMARTS) is 1. The standard InChI is InChI=1S/C38H32Cl2N2O10S/c39-13-17-15-41(23-11-25(43)19-5-1-3-7-21(19)29(17)23)35(47)27-9-10-28(53-27)36(48)42-16-18(14-40)30-22-8-4-2-6-20(22)26(12-24(30)42)51-38-33(46)31(44)32(45)34(52-38)37(49)50/h1-12,17-18,31-34,38,43-46H,13-16H2,(H,49,50)/t17-,18-,31+,32+,33-,34+,38-/m1/s1. The number of halogens is 2. The molecule has 1 fully saturated rings. The number of benzene rings is 4. The number of ether oxygens (including phenoxy) is 2. The van der Waals surface area contributed by atoms with Crippen molar-refractivity contribution < 1.29 is 49.4 Å². The lowest BCUT2D eigenvalue weighted by Gasteiger charge is -2.38. The summed E-state index contributed by atoms with van der Waals surface area (Å²) in [5.74, 6) is -2.10. The van der Waals surface area contributed by atoms with Crippen molar-refractivity contribution in [2.45, 2.75) is 42.5 Å². The van der Waals surface area contributed by atoms with Crippen molar-refractivity contribution in [2.24, 2.45) is 0 Å². The molecule has 7 atom stereocenters. The first-order valence-electron chi connectivity index (χ1n) is 16.8. The number of carbonyl (C=O) groups is 3. The molecule has 0 radical (unpaired) electrons. The second-order valence-corrected chi connectivity index (χ2v) is 15.0. The highest BCUT2D eigenvalue weighted by Gasteiger charge is 2.48. The van der Waals surface area contributed by atoms with Crippen molar-refractivity contribution in [1.82, 2.24) is 0 Å². The van der Waals surface area contributed by atoms with E-state index in [9.17, 15) is 39.9 Å². The fourth-order valence-electron chi connectivity index (χ4n) is 7.68. The normalized spacial score (nSPS) is 25.1. The fraction of sp³-hybridized carbons (Fsp3) is 0.289. The SMILES string of the molecule is O=C(O)[C@H]1O[C@@H](Oc2cc3c(c4ccccc24)[C@H](CCl)CN3C(=O)c2ccc(C(=O)N3C[C@@H](CCl)c4c3cc(O)c3ccccc43)s2)[C@H](O)[C@@H](O)[C@@H]1O. The molecule has 0 saturated carbocycles. The Labute approximate surface area is 315 Å². The number of aliphatic carboxylic acids is 1. The number of carboxylic acids is 1. The summed E-state index contributed by atoms with van der Waals surface area (Å²) in [6, 6.07) is 20.9. The smallest absolute Gasteiger partial charge is 0.335 e. The zero-order chi connectivity index (χ0) is 37.3. The van der Waals surface area contributed by atoms with Crippen LogP contribution in [0.15, 0.2) is 72.8 Å². The molecule has 5 aromatic rings. The molecule has 1 saturated heterocycles. The molecule has 5 N–H and O–H groups in total. The summed E-state index contributed by atoms with van der Waals surface area (Å²) in [5.41, 5.74) is 2.69. The van der Waals surface area contributed by atoms with Crippen LogP contribution >= 0.6 is 34.5 Å². The first-order valence-corrected chi connectivity index (χ1v) is 18.7. The lowest BCUT2D eigenvalue weighted by Crippen LogP contribution is -2.61. The number of hydrogen-bond acceptors (Lipinski definition) is 10. The number of alkyl halides is 2. The average Bonchev–Trinajstić information content (AvgIpc) is 3.90. The van der Waals surface area contributed by atoms with Crippen LogP contribution in [0.2, 0.25) is 0 Å².